The zero-order valence-corrected chi connectivity index (χ0v) is 23.3. The molecule has 0 aromatic carbocycles. The van der Waals surface area contributed by atoms with Gasteiger partial charge in [0.1, 0.15) is 11.2 Å². The van der Waals surface area contributed by atoms with E-state index in [0.717, 1.165) is 19.3 Å². The summed E-state index contributed by atoms with van der Waals surface area (Å²) in [6.45, 7) is 16.1. The summed E-state index contributed by atoms with van der Waals surface area (Å²) < 4.78 is 5.19. The summed E-state index contributed by atoms with van der Waals surface area (Å²) in [6, 6.07) is 0. The summed E-state index contributed by atoms with van der Waals surface area (Å²) in [5.41, 5.74) is -0.0387. The monoisotopic (exact) mass is 482 g/mol. The summed E-state index contributed by atoms with van der Waals surface area (Å²) in [7, 11) is 1.38. The molecule has 0 N–H and O–H groups in total. The normalized spacial score (nSPS) is 53.5. The molecule has 2 unspecified atom stereocenters. The Morgan fingerprint density at radius 1 is 0.943 bits per heavy atom. The Kier molecular flexibility index (Phi) is 5.43. The lowest BCUT2D eigenvalue weighted by Crippen LogP contribution is -2.67. The lowest BCUT2D eigenvalue weighted by Gasteiger charge is -2.70. The number of esters is 1. The number of fused-ring (bicyclic) bond motifs is 7. The molecule has 0 aliphatic heterocycles. The molecule has 0 amide bonds. The number of carbonyl (C=O) groups is 3. The van der Waals surface area contributed by atoms with Gasteiger partial charge in [0.05, 0.1) is 7.11 Å². The van der Waals surface area contributed by atoms with Crippen molar-refractivity contribution in [3.63, 3.8) is 0 Å². The van der Waals surface area contributed by atoms with Gasteiger partial charge in [-0.05, 0) is 103 Å². The van der Waals surface area contributed by atoms with Gasteiger partial charge in [0.15, 0.2) is 5.78 Å². The molecule has 0 heterocycles. The molecule has 4 fully saturated rings. The number of carbonyl (C=O) groups excluding carboxylic acids is 3. The molecule has 4 heteroatoms. The van der Waals surface area contributed by atoms with Crippen LogP contribution >= 0.6 is 0 Å². The van der Waals surface area contributed by atoms with E-state index in [9.17, 15) is 14.4 Å². The molecule has 0 aromatic rings. The fourth-order valence-electron chi connectivity index (χ4n) is 10.7. The van der Waals surface area contributed by atoms with E-state index in [-0.39, 0.29) is 39.6 Å². The molecule has 0 spiro atoms. The molecule has 35 heavy (non-hydrogen) atoms. The van der Waals surface area contributed by atoms with Crippen LogP contribution in [0.25, 0.3) is 0 Å². The van der Waals surface area contributed by atoms with Crippen molar-refractivity contribution in [1.29, 1.82) is 0 Å². The maximum atomic E-state index is 14.3. The van der Waals surface area contributed by atoms with Crippen LogP contribution < -0.4 is 0 Å². The first-order chi connectivity index (χ1) is 16.2. The van der Waals surface area contributed by atoms with Gasteiger partial charge >= 0.3 is 5.97 Å². The molecular formula is C31H46O4. The molecule has 0 saturated heterocycles. The molecule has 5 aliphatic carbocycles. The summed E-state index contributed by atoms with van der Waals surface area (Å²) in [6.07, 6.45) is 9.68. The van der Waals surface area contributed by atoms with Crippen LogP contribution in [0.5, 0.6) is 0 Å². The van der Waals surface area contributed by atoms with Gasteiger partial charge in [-0.1, -0.05) is 47.1 Å². The van der Waals surface area contributed by atoms with E-state index < -0.39 is 16.8 Å². The standard InChI is InChI=1S/C31H46O4/c1-18-9-12-27(3)15-16-29(5)20(24(27)19(18)2)17-21(32)25-28(4)13-11-23(33)31(7,26(34)35-8)22(28)10-14-30(25,29)6/h17-19,22,24-25H,9-16H2,1-8H3/t18-,19+,22?,24+,25-,27-,28+,29-,30-,31?/m1/s1. The summed E-state index contributed by atoms with van der Waals surface area (Å²) in [5, 5.41) is 0. The van der Waals surface area contributed by atoms with E-state index in [0.29, 0.717) is 30.6 Å². The number of Topliss-reactive ketones (excluding diaryl/α,β-unsaturated/α-hetero) is 1. The van der Waals surface area contributed by atoms with E-state index in [1.54, 1.807) is 6.92 Å². The lowest BCUT2D eigenvalue weighted by atomic mass is 9.33. The number of ether oxygens (including phenoxy) is 1. The topological polar surface area (TPSA) is 60.4 Å². The van der Waals surface area contributed by atoms with Crippen LogP contribution in [-0.4, -0.2) is 24.6 Å². The molecular weight excluding hydrogens is 436 g/mol. The Bertz CT molecular complexity index is 1000. The molecule has 5 rings (SSSR count). The van der Waals surface area contributed by atoms with Gasteiger partial charge in [0.2, 0.25) is 0 Å². The predicted molar refractivity (Wildman–Crippen MR) is 136 cm³/mol. The first-order valence-electron chi connectivity index (χ1n) is 14.1. The van der Waals surface area contributed by atoms with E-state index in [1.807, 2.05) is 0 Å². The van der Waals surface area contributed by atoms with Crippen LogP contribution in [0.4, 0.5) is 0 Å². The number of methoxy groups -OCH3 is 1. The zero-order valence-electron chi connectivity index (χ0n) is 23.3. The minimum atomic E-state index is -1.16. The van der Waals surface area contributed by atoms with Crippen molar-refractivity contribution in [1.82, 2.24) is 0 Å². The zero-order chi connectivity index (χ0) is 25.8. The average molecular weight is 483 g/mol. The van der Waals surface area contributed by atoms with Gasteiger partial charge in [-0.15, -0.1) is 0 Å². The average Bonchev–Trinajstić information content (AvgIpc) is 2.80. The van der Waals surface area contributed by atoms with Crippen molar-refractivity contribution in [3.05, 3.63) is 11.6 Å². The molecule has 5 aliphatic rings. The fourth-order valence-corrected chi connectivity index (χ4v) is 10.7. The molecule has 10 atom stereocenters. The van der Waals surface area contributed by atoms with Crippen molar-refractivity contribution >= 4 is 17.5 Å². The van der Waals surface area contributed by atoms with E-state index in [4.69, 9.17) is 4.74 Å². The van der Waals surface area contributed by atoms with E-state index in [2.05, 4.69) is 47.6 Å². The summed E-state index contributed by atoms with van der Waals surface area (Å²) in [4.78, 5) is 40.5. The van der Waals surface area contributed by atoms with Crippen molar-refractivity contribution < 1.29 is 19.1 Å². The highest BCUT2D eigenvalue weighted by atomic mass is 16.5. The number of hydrogen-bond donors (Lipinski definition) is 0. The minimum absolute atomic E-state index is 0.0143. The SMILES string of the molecule is COC(=O)C1(C)C(=O)CC[C@@]2(C)C1CC[C@]1(C)[C@@H]2C(=O)C=C2[C@@H]3[C@@H](C)[C@H](C)CC[C@]3(C)CC[C@]21C. The van der Waals surface area contributed by atoms with Crippen LogP contribution in [-0.2, 0) is 19.1 Å². The first-order valence-corrected chi connectivity index (χ1v) is 14.1. The van der Waals surface area contributed by atoms with E-state index in [1.165, 1.54) is 31.9 Å². The minimum Gasteiger partial charge on any atom is -0.468 e. The molecule has 4 saturated carbocycles. The summed E-state index contributed by atoms with van der Waals surface area (Å²) in [5.74, 6) is 1.21. The molecule has 0 aromatic heterocycles. The van der Waals surface area contributed by atoms with Gasteiger partial charge in [-0.3, -0.25) is 14.4 Å². The second kappa shape index (κ2) is 7.54. The summed E-state index contributed by atoms with van der Waals surface area (Å²) >= 11 is 0. The van der Waals surface area contributed by atoms with Crippen LogP contribution in [0.15, 0.2) is 11.6 Å². The Labute approximate surface area is 212 Å². The van der Waals surface area contributed by atoms with Crippen LogP contribution in [0, 0.1) is 56.7 Å². The first kappa shape index (κ1) is 25.2. The van der Waals surface area contributed by atoms with Crippen LogP contribution in [0.3, 0.4) is 0 Å². The molecule has 194 valence electrons. The highest BCUT2D eigenvalue weighted by Gasteiger charge is 2.72. The fraction of sp³-hybridized carbons (Fsp3) is 0.839. The van der Waals surface area contributed by atoms with Crippen molar-refractivity contribution in [2.45, 2.75) is 99.8 Å². The smallest absolute Gasteiger partial charge is 0.319 e. The quantitative estimate of drug-likeness (QED) is 0.313. The van der Waals surface area contributed by atoms with Gasteiger partial charge in [0.25, 0.3) is 0 Å². The molecule has 4 nitrogen and oxygen atoms in total. The lowest BCUT2D eigenvalue weighted by molar-refractivity contribution is -0.198. The van der Waals surface area contributed by atoms with Crippen molar-refractivity contribution in [2.24, 2.45) is 56.7 Å². The van der Waals surface area contributed by atoms with Crippen LogP contribution in [0.1, 0.15) is 99.8 Å². The number of hydrogen-bond acceptors (Lipinski definition) is 4. The number of rotatable bonds is 1. The van der Waals surface area contributed by atoms with Crippen molar-refractivity contribution in [3.8, 4) is 0 Å². The third kappa shape index (κ3) is 2.89. The Hall–Kier alpha value is -1.45. The third-order valence-corrected chi connectivity index (χ3v) is 13.2. The molecule has 0 radical (unpaired) electrons. The van der Waals surface area contributed by atoms with E-state index >= 15 is 0 Å². The highest BCUT2D eigenvalue weighted by molar-refractivity contribution is 6.05. The van der Waals surface area contributed by atoms with Crippen molar-refractivity contribution in [2.75, 3.05) is 7.11 Å². The van der Waals surface area contributed by atoms with Gasteiger partial charge < -0.3 is 4.74 Å². The third-order valence-electron chi connectivity index (χ3n) is 13.2. The number of allylic oxidation sites excluding steroid dienone is 2. The second-order valence-corrected chi connectivity index (χ2v) is 14.4. The van der Waals surface area contributed by atoms with Gasteiger partial charge in [0, 0.05) is 12.3 Å². The predicted octanol–water partition coefficient (Wildman–Crippen LogP) is 6.57. The van der Waals surface area contributed by atoms with Crippen LogP contribution in [0.2, 0.25) is 0 Å². The number of ketones is 2. The Balaban J connectivity index is 1.65. The Morgan fingerprint density at radius 3 is 2.29 bits per heavy atom. The highest BCUT2D eigenvalue weighted by Crippen LogP contribution is 2.74. The Morgan fingerprint density at radius 2 is 1.63 bits per heavy atom. The second-order valence-electron chi connectivity index (χ2n) is 14.4. The van der Waals surface area contributed by atoms with Gasteiger partial charge in [-0.25, -0.2) is 0 Å². The largest absolute Gasteiger partial charge is 0.468 e. The maximum absolute atomic E-state index is 14.3. The maximum Gasteiger partial charge on any atom is 0.319 e. The molecule has 0 bridgehead atoms. The van der Waals surface area contributed by atoms with Gasteiger partial charge in [-0.2, -0.15) is 0 Å².